The number of nitrogens with one attached hydrogen (secondary N) is 1. The van der Waals surface area contributed by atoms with Crippen LogP contribution in [0.1, 0.15) is 19.8 Å². The lowest BCUT2D eigenvalue weighted by Crippen LogP contribution is -2.49. The number of piperazine rings is 1. The standard InChI is InChI=1S/C16H36N4O/c1-4-21-16-6-5-7-17-8-9-19-12-14-20(15-13-19)11-10-18(2)3/h17H,4-16H2,1-3H3. The van der Waals surface area contributed by atoms with Crippen LogP contribution in [0, 0.1) is 0 Å². The van der Waals surface area contributed by atoms with Gasteiger partial charge in [0.1, 0.15) is 0 Å². The summed E-state index contributed by atoms with van der Waals surface area (Å²) in [4.78, 5) is 7.43. The summed E-state index contributed by atoms with van der Waals surface area (Å²) in [5, 5.41) is 3.54. The third kappa shape index (κ3) is 10.2. The highest BCUT2D eigenvalue weighted by atomic mass is 16.5. The lowest BCUT2D eigenvalue weighted by molar-refractivity contribution is 0.125. The maximum Gasteiger partial charge on any atom is 0.0466 e. The van der Waals surface area contributed by atoms with Crippen molar-refractivity contribution >= 4 is 0 Å². The molecule has 0 aromatic rings. The van der Waals surface area contributed by atoms with Crippen LogP contribution in [-0.4, -0.2) is 101 Å². The van der Waals surface area contributed by atoms with Gasteiger partial charge in [-0.25, -0.2) is 0 Å². The molecule has 1 fully saturated rings. The molecule has 0 saturated carbocycles. The van der Waals surface area contributed by atoms with Crippen LogP contribution in [0.2, 0.25) is 0 Å². The minimum absolute atomic E-state index is 0.841. The molecular weight excluding hydrogens is 264 g/mol. The zero-order valence-corrected chi connectivity index (χ0v) is 14.4. The Balaban J connectivity index is 1.89. The Labute approximate surface area is 131 Å². The number of nitrogens with zero attached hydrogens (tertiary/aromatic N) is 3. The number of hydrogen-bond acceptors (Lipinski definition) is 5. The van der Waals surface area contributed by atoms with Gasteiger partial charge in [0, 0.05) is 65.6 Å². The fourth-order valence-corrected chi connectivity index (χ4v) is 2.54. The minimum atomic E-state index is 0.841. The van der Waals surface area contributed by atoms with Crippen molar-refractivity contribution in [3.8, 4) is 0 Å². The van der Waals surface area contributed by atoms with Crippen LogP contribution in [0.15, 0.2) is 0 Å². The second-order valence-electron chi connectivity index (χ2n) is 6.14. The van der Waals surface area contributed by atoms with Crippen LogP contribution in [-0.2, 0) is 4.74 Å². The summed E-state index contributed by atoms with van der Waals surface area (Å²) in [5.41, 5.74) is 0. The van der Waals surface area contributed by atoms with Crippen LogP contribution in [0.3, 0.4) is 0 Å². The van der Waals surface area contributed by atoms with E-state index in [1.165, 1.54) is 58.7 Å². The van der Waals surface area contributed by atoms with Crippen molar-refractivity contribution in [1.82, 2.24) is 20.0 Å². The van der Waals surface area contributed by atoms with Gasteiger partial charge < -0.3 is 15.0 Å². The fourth-order valence-electron chi connectivity index (χ4n) is 2.54. The zero-order chi connectivity index (χ0) is 15.3. The quantitative estimate of drug-likeness (QED) is 0.533. The Kier molecular flexibility index (Phi) is 11.1. The first-order chi connectivity index (χ1) is 10.2. The third-order valence-electron chi connectivity index (χ3n) is 4.03. The van der Waals surface area contributed by atoms with E-state index in [9.17, 15) is 0 Å². The van der Waals surface area contributed by atoms with Gasteiger partial charge in [-0.15, -0.1) is 0 Å². The van der Waals surface area contributed by atoms with Gasteiger partial charge in [-0.1, -0.05) is 0 Å². The smallest absolute Gasteiger partial charge is 0.0466 e. The van der Waals surface area contributed by atoms with Gasteiger partial charge in [-0.05, 0) is 40.4 Å². The molecule has 1 aliphatic heterocycles. The fraction of sp³-hybridized carbons (Fsp3) is 1.00. The van der Waals surface area contributed by atoms with Crippen molar-refractivity contribution in [2.75, 3.05) is 86.2 Å². The Morgan fingerprint density at radius 3 is 2.24 bits per heavy atom. The molecule has 5 nitrogen and oxygen atoms in total. The van der Waals surface area contributed by atoms with Gasteiger partial charge in [0.25, 0.3) is 0 Å². The Morgan fingerprint density at radius 1 is 0.952 bits per heavy atom. The predicted molar refractivity (Wildman–Crippen MR) is 90.0 cm³/mol. The molecule has 0 spiro atoms. The van der Waals surface area contributed by atoms with Gasteiger partial charge >= 0.3 is 0 Å². The topological polar surface area (TPSA) is 31.0 Å². The third-order valence-corrected chi connectivity index (χ3v) is 4.03. The second kappa shape index (κ2) is 12.4. The molecule has 0 aromatic heterocycles. The van der Waals surface area contributed by atoms with Crippen LogP contribution in [0.25, 0.3) is 0 Å². The van der Waals surface area contributed by atoms with Crippen molar-refractivity contribution in [2.24, 2.45) is 0 Å². The SMILES string of the molecule is CCOCCCCNCCN1CCN(CCN(C)C)CC1. The molecule has 126 valence electrons. The highest BCUT2D eigenvalue weighted by Gasteiger charge is 2.15. The second-order valence-corrected chi connectivity index (χ2v) is 6.14. The largest absolute Gasteiger partial charge is 0.382 e. The Morgan fingerprint density at radius 2 is 1.62 bits per heavy atom. The van der Waals surface area contributed by atoms with Crippen molar-refractivity contribution in [2.45, 2.75) is 19.8 Å². The number of ether oxygens (including phenoxy) is 1. The van der Waals surface area contributed by atoms with Crippen LogP contribution >= 0.6 is 0 Å². The van der Waals surface area contributed by atoms with Crippen molar-refractivity contribution in [3.63, 3.8) is 0 Å². The summed E-state index contributed by atoms with van der Waals surface area (Å²) >= 11 is 0. The van der Waals surface area contributed by atoms with Gasteiger partial charge in [0.15, 0.2) is 0 Å². The summed E-state index contributed by atoms with van der Waals surface area (Å²) in [6, 6.07) is 0. The van der Waals surface area contributed by atoms with Crippen molar-refractivity contribution < 1.29 is 4.74 Å². The lowest BCUT2D eigenvalue weighted by Gasteiger charge is -2.35. The normalized spacial score (nSPS) is 17.7. The van der Waals surface area contributed by atoms with E-state index in [4.69, 9.17) is 4.74 Å². The molecule has 0 unspecified atom stereocenters. The van der Waals surface area contributed by atoms with E-state index < -0.39 is 0 Å². The highest BCUT2D eigenvalue weighted by Crippen LogP contribution is 2.00. The zero-order valence-electron chi connectivity index (χ0n) is 14.4. The molecule has 1 aliphatic rings. The number of hydrogen-bond donors (Lipinski definition) is 1. The van der Waals surface area contributed by atoms with Crippen molar-refractivity contribution in [3.05, 3.63) is 0 Å². The summed E-state index contributed by atoms with van der Waals surface area (Å²) in [5.74, 6) is 0. The molecular formula is C16H36N4O. The van der Waals surface area contributed by atoms with Crippen LogP contribution < -0.4 is 5.32 Å². The van der Waals surface area contributed by atoms with E-state index in [2.05, 4.69) is 41.0 Å². The lowest BCUT2D eigenvalue weighted by atomic mass is 10.3. The molecule has 0 radical (unpaired) electrons. The Hall–Kier alpha value is -0.200. The minimum Gasteiger partial charge on any atom is -0.382 e. The van der Waals surface area contributed by atoms with Crippen LogP contribution in [0.4, 0.5) is 0 Å². The van der Waals surface area contributed by atoms with E-state index in [-0.39, 0.29) is 0 Å². The molecule has 5 heteroatoms. The average Bonchev–Trinajstić information content (AvgIpc) is 2.49. The Bertz CT molecular complexity index is 230. The van der Waals surface area contributed by atoms with Crippen LogP contribution in [0.5, 0.6) is 0 Å². The van der Waals surface area contributed by atoms with E-state index in [1.807, 2.05) is 0 Å². The van der Waals surface area contributed by atoms with Gasteiger partial charge in [0.05, 0.1) is 0 Å². The first-order valence-electron chi connectivity index (χ1n) is 8.60. The monoisotopic (exact) mass is 300 g/mol. The van der Waals surface area contributed by atoms with E-state index >= 15 is 0 Å². The summed E-state index contributed by atoms with van der Waals surface area (Å²) in [6.07, 6.45) is 2.39. The first kappa shape index (κ1) is 18.8. The number of unbranched alkanes of at least 4 members (excludes halogenated alkanes) is 1. The van der Waals surface area contributed by atoms with Gasteiger partial charge in [-0.2, -0.15) is 0 Å². The maximum absolute atomic E-state index is 5.34. The first-order valence-corrected chi connectivity index (χ1v) is 8.60. The number of likely N-dealkylation sites (N-methyl/N-ethyl adjacent to an activating group) is 1. The molecule has 0 bridgehead atoms. The molecule has 0 atom stereocenters. The van der Waals surface area contributed by atoms with E-state index in [1.54, 1.807) is 0 Å². The molecule has 1 rings (SSSR count). The molecule has 1 N–H and O–H groups in total. The van der Waals surface area contributed by atoms with Crippen molar-refractivity contribution in [1.29, 1.82) is 0 Å². The highest BCUT2D eigenvalue weighted by molar-refractivity contribution is 4.72. The molecule has 0 aliphatic carbocycles. The van der Waals surface area contributed by atoms with E-state index in [0.29, 0.717) is 0 Å². The van der Waals surface area contributed by atoms with E-state index in [0.717, 1.165) is 26.3 Å². The molecule has 1 heterocycles. The molecule has 0 amide bonds. The maximum atomic E-state index is 5.34. The average molecular weight is 300 g/mol. The molecule has 0 aromatic carbocycles. The predicted octanol–water partition coefficient (Wildman–Crippen LogP) is 0.572. The van der Waals surface area contributed by atoms with Gasteiger partial charge in [0.2, 0.25) is 0 Å². The summed E-state index contributed by atoms with van der Waals surface area (Å²) < 4.78 is 5.34. The van der Waals surface area contributed by atoms with Gasteiger partial charge in [-0.3, -0.25) is 9.80 Å². The summed E-state index contributed by atoms with van der Waals surface area (Å²) in [6.45, 7) is 14.5. The molecule has 21 heavy (non-hydrogen) atoms. The summed E-state index contributed by atoms with van der Waals surface area (Å²) in [7, 11) is 4.30. The number of rotatable bonds is 12. The molecule has 1 saturated heterocycles.